The lowest BCUT2D eigenvalue weighted by Gasteiger charge is -2.04. The zero-order chi connectivity index (χ0) is 10.6. The number of carbonyl (C=O) groups is 1. The second-order valence-corrected chi connectivity index (χ2v) is 2.77. The van der Waals surface area contributed by atoms with Crippen LogP contribution in [0.15, 0.2) is 12.1 Å². The summed E-state index contributed by atoms with van der Waals surface area (Å²) in [6.45, 7) is 2.03. The Morgan fingerprint density at radius 1 is 1.57 bits per heavy atom. The van der Waals surface area contributed by atoms with Crippen molar-refractivity contribution in [3.8, 4) is 5.75 Å². The number of rotatable bonds is 3. The van der Waals surface area contributed by atoms with Crippen LogP contribution in [-0.4, -0.2) is 24.7 Å². The predicted octanol–water partition coefficient (Wildman–Crippen LogP) is 1.92. The summed E-state index contributed by atoms with van der Waals surface area (Å²) in [5.41, 5.74) is 0.178. The van der Waals surface area contributed by atoms with E-state index in [2.05, 4.69) is 4.98 Å². The lowest BCUT2D eigenvalue weighted by atomic mass is 10.3. The van der Waals surface area contributed by atoms with Crippen LogP contribution in [0.5, 0.6) is 5.75 Å². The molecule has 1 rings (SSSR count). The second-order valence-electron chi connectivity index (χ2n) is 2.41. The highest BCUT2D eigenvalue weighted by Crippen LogP contribution is 2.21. The number of hydrogen-bond donors (Lipinski definition) is 0. The van der Waals surface area contributed by atoms with Gasteiger partial charge < -0.3 is 9.47 Å². The average Bonchev–Trinajstić information content (AvgIpc) is 2.18. The molecule has 1 aromatic rings. The molecule has 0 aliphatic heterocycles. The van der Waals surface area contributed by atoms with Crippen LogP contribution in [0.3, 0.4) is 0 Å². The molecule has 76 valence electrons. The van der Waals surface area contributed by atoms with Crippen LogP contribution in [0.25, 0.3) is 0 Å². The zero-order valence-electron chi connectivity index (χ0n) is 7.91. The molecule has 4 nitrogen and oxygen atoms in total. The molecule has 0 aliphatic rings. The van der Waals surface area contributed by atoms with Gasteiger partial charge >= 0.3 is 5.97 Å². The van der Waals surface area contributed by atoms with E-state index in [4.69, 9.17) is 21.1 Å². The van der Waals surface area contributed by atoms with Crippen molar-refractivity contribution in [3.63, 3.8) is 0 Å². The van der Waals surface area contributed by atoms with Gasteiger partial charge in [-0.25, -0.2) is 9.78 Å². The van der Waals surface area contributed by atoms with Crippen molar-refractivity contribution >= 4 is 17.6 Å². The molecule has 0 unspecified atom stereocenters. The highest BCUT2D eigenvalue weighted by molar-refractivity contribution is 6.31. The molecule has 0 spiro atoms. The minimum Gasteiger partial charge on any atom is -0.494 e. The summed E-state index contributed by atoms with van der Waals surface area (Å²) in [5, 5.41) is 0.151. The smallest absolute Gasteiger partial charge is 0.356 e. The van der Waals surface area contributed by atoms with Gasteiger partial charge in [-0.15, -0.1) is 0 Å². The summed E-state index contributed by atoms with van der Waals surface area (Å²) in [7, 11) is 1.48. The number of hydrogen-bond acceptors (Lipinski definition) is 4. The van der Waals surface area contributed by atoms with Gasteiger partial charge in [0.2, 0.25) is 0 Å². The maximum Gasteiger partial charge on any atom is 0.356 e. The molecular weight excluding hydrogens is 206 g/mol. The molecule has 1 heterocycles. The van der Waals surface area contributed by atoms with E-state index in [9.17, 15) is 4.79 Å². The minimum atomic E-state index is -0.489. The Kier molecular flexibility index (Phi) is 3.71. The van der Waals surface area contributed by atoms with E-state index in [1.165, 1.54) is 13.2 Å². The Bertz CT molecular complexity index is 341. The maximum atomic E-state index is 11.2. The molecule has 0 bridgehead atoms. The van der Waals surface area contributed by atoms with Crippen molar-refractivity contribution in [2.75, 3.05) is 13.7 Å². The standard InChI is InChI=1S/C9H10ClNO3/c1-3-14-9(12)6-4-5-7(13-2)8(10)11-6/h4-5H,3H2,1-2H3. The van der Waals surface area contributed by atoms with Crippen LogP contribution in [0.1, 0.15) is 17.4 Å². The lowest BCUT2D eigenvalue weighted by molar-refractivity contribution is 0.0519. The first kappa shape index (κ1) is 10.8. The quantitative estimate of drug-likeness (QED) is 0.571. The summed E-state index contributed by atoms with van der Waals surface area (Å²) in [4.78, 5) is 15.0. The summed E-state index contributed by atoms with van der Waals surface area (Å²) >= 11 is 5.73. The van der Waals surface area contributed by atoms with Crippen molar-refractivity contribution in [3.05, 3.63) is 23.0 Å². The molecule has 0 N–H and O–H groups in total. The average molecular weight is 216 g/mol. The molecule has 5 heteroatoms. The van der Waals surface area contributed by atoms with Crippen LogP contribution >= 0.6 is 11.6 Å². The molecule has 0 fully saturated rings. The van der Waals surface area contributed by atoms with Crippen molar-refractivity contribution in [2.45, 2.75) is 6.92 Å². The van der Waals surface area contributed by atoms with Crippen LogP contribution in [0.2, 0.25) is 5.15 Å². The van der Waals surface area contributed by atoms with Gasteiger partial charge in [0.25, 0.3) is 0 Å². The van der Waals surface area contributed by atoms with Gasteiger partial charge in [-0.2, -0.15) is 0 Å². The number of methoxy groups -OCH3 is 1. The van der Waals surface area contributed by atoms with Crippen molar-refractivity contribution in [1.29, 1.82) is 0 Å². The Hall–Kier alpha value is -1.29. The van der Waals surface area contributed by atoms with E-state index in [0.29, 0.717) is 12.4 Å². The van der Waals surface area contributed by atoms with Crippen LogP contribution in [0, 0.1) is 0 Å². The zero-order valence-corrected chi connectivity index (χ0v) is 8.67. The number of nitrogens with zero attached hydrogens (tertiary/aromatic N) is 1. The van der Waals surface area contributed by atoms with E-state index < -0.39 is 5.97 Å². The molecule has 0 aromatic carbocycles. The third-order valence-electron chi connectivity index (χ3n) is 1.52. The molecule has 0 saturated carbocycles. The largest absolute Gasteiger partial charge is 0.494 e. The second kappa shape index (κ2) is 4.81. The summed E-state index contributed by atoms with van der Waals surface area (Å²) in [6.07, 6.45) is 0. The van der Waals surface area contributed by atoms with Crippen molar-refractivity contribution in [1.82, 2.24) is 4.98 Å². The SMILES string of the molecule is CCOC(=O)c1ccc(OC)c(Cl)n1. The van der Waals surface area contributed by atoms with Crippen LogP contribution < -0.4 is 4.74 Å². The Balaban J connectivity index is 2.91. The molecule has 0 saturated heterocycles. The Labute approximate surface area is 86.8 Å². The summed E-state index contributed by atoms with van der Waals surface area (Å²) in [6, 6.07) is 3.07. The van der Waals surface area contributed by atoms with Gasteiger partial charge in [0.1, 0.15) is 5.69 Å². The normalized spacial score (nSPS) is 9.64. The Morgan fingerprint density at radius 2 is 2.29 bits per heavy atom. The van der Waals surface area contributed by atoms with E-state index in [-0.39, 0.29) is 10.8 Å². The highest BCUT2D eigenvalue weighted by Gasteiger charge is 2.10. The fourth-order valence-electron chi connectivity index (χ4n) is 0.892. The fraction of sp³-hybridized carbons (Fsp3) is 0.333. The van der Waals surface area contributed by atoms with Crippen molar-refractivity contribution in [2.24, 2.45) is 0 Å². The van der Waals surface area contributed by atoms with E-state index in [1.807, 2.05) is 0 Å². The van der Waals surface area contributed by atoms with Gasteiger partial charge in [-0.3, -0.25) is 0 Å². The first-order valence-electron chi connectivity index (χ1n) is 4.06. The van der Waals surface area contributed by atoms with Gasteiger partial charge in [-0.05, 0) is 19.1 Å². The molecule has 14 heavy (non-hydrogen) atoms. The predicted molar refractivity (Wildman–Crippen MR) is 51.8 cm³/mol. The summed E-state index contributed by atoms with van der Waals surface area (Å²) < 4.78 is 9.65. The first-order chi connectivity index (χ1) is 6.69. The van der Waals surface area contributed by atoms with Gasteiger partial charge in [0.05, 0.1) is 13.7 Å². The number of esters is 1. The molecule has 0 atom stereocenters. The molecule has 0 radical (unpaired) electrons. The topological polar surface area (TPSA) is 48.4 Å². The van der Waals surface area contributed by atoms with Gasteiger partial charge in [0, 0.05) is 0 Å². The number of pyridine rings is 1. The number of halogens is 1. The Morgan fingerprint density at radius 3 is 2.79 bits per heavy atom. The minimum absolute atomic E-state index is 0.151. The third kappa shape index (κ3) is 2.35. The third-order valence-corrected chi connectivity index (χ3v) is 1.79. The number of ether oxygens (including phenoxy) is 2. The van der Waals surface area contributed by atoms with E-state index in [1.54, 1.807) is 13.0 Å². The molecule has 0 aliphatic carbocycles. The lowest BCUT2D eigenvalue weighted by Crippen LogP contribution is -2.07. The molecule has 0 amide bonds. The number of carbonyl (C=O) groups excluding carboxylic acids is 1. The summed E-state index contributed by atoms with van der Waals surface area (Å²) in [5.74, 6) is -0.0585. The molecule has 1 aromatic heterocycles. The highest BCUT2D eigenvalue weighted by atomic mass is 35.5. The monoisotopic (exact) mass is 215 g/mol. The van der Waals surface area contributed by atoms with Crippen LogP contribution in [0.4, 0.5) is 0 Å². The van der Waals surface area contributed by atoms with Gasteiger partial charge in [0.15, 0.2) is 10.9 Å². The van der Waals surface area contributed by atoms with E-state index in [0.717, 1.165) is 0 Å². The number of aromatic nitrogens is 1. The van der Waals surface area contributed by atoms with E-state index >= 15 is 0 Å². The van der Waals surface area contributed by atoms with Crippen LogP contribution in [-0.2, 0) is 4.74 Å². The fourth-order valence-corrected chi connectivity index (χ4v) is 1.12. The van der Waals surface area contributed by atoms with Gasteiger partial charge in [-0.1, -0.05) is 11.6 Å². The maximum absolute atomic E-state index is 11.2. The molecular formula is C9H10ClNO3. The van der Waals surface area contributed by atoms with Crippen molar-refractivity contribution < 1.29 is 14.3 Å². The first-order valence-corrected chi connectivity index (χ1v) is 4.44.